The van der Waals surface area contributed by atoms with Gasteiger partial charge in [-0.2, -0.15) is 0 Å². The second-order valence-corrected chi connectivity index (χ2v) is 16.9. The van der Waals surface area contributed by atoms with Gasteiger partial charge in [0.2, 0.25) is 5.91 Å². The molecule has 15 nitrogen and oxygen atoms in total. The number of H-pyrrole nitrogens is 2. The van der Waals surface area contributed by atoms with Crippen molar-refractivity contribution in [3.8, 4) is 33.6 Å². The van der Waals surface area contributed by atoms with Crippen LogP contribution in [0.1, 0.15) is 76.1 Å². The number of nitrogens with one attached hydrogen (secondary N) is 4. The fraction of sp³-hybridized carbons (Fsp3) is 0.468. The van der Waals surface area contributed by atoms with E-state index >= 15 is 0 Å². The number of hydrogen-bond donors (Lipinski definition) is 4. The number of carbonyl (C=O) groups excluding carboxylic acids is 3. The van der Waals surface area contributed by atoms with Crippen molar-refractivity contribution in [3.05, 3.63) is 84.7 Å². The minimum absolute atomic E-state index is 0.0989. The summed E-state index contributed by atoms with van der Waals surface area (Å²) in [6, 6.07) is 20.6. The quantitative estimate of drug-likeness (QED) is 0.0871. The zero-order valence-corrected chi connectivity index (χ0v) is 36.0. The third kappa shape index (κ3) is 9.64. The molecule has 0 unspecified atom stereocenters. The van der Waals surface area contributed by atoms with Crippen LogP contribution in [0.2, 0.25) is 0 Å². The van der Waals surface area contributed by atoms with Crippen molar-refractivity contribution in [1.82, 2.24) is 40.4 Å². The van der Waals surface area contributed by atoms with Gasteiger partial charge in [-0.25, -0.2) is 19.6 Å². The lowest BCUT2D eigenvalue weighted by Crippen LogP contribution is -2.51. The minimum atomic E-state index is -0.681. The van der Waals surface area contributed by atoms with E-state index in [1.54, 1.807) is 0 Å². The van der Waals surface area contributed by atoms with Gasteiger partial charge in [-0.3, -0.25) is 9.69 Å². The Bertz CT molecular complexity index is 2320. The number of methoxy groups -OCH3 is 2. The Morgan fingerprint density at radius 1 is 0.742 bits per heavy atom. The number of hydrogen-bond acceptors (Lipinski definition) is 10. The van der Waals surface area contributed by atoms with Gasteiger partial charge in [0.15, 0.2) is 0 Å². The summed E-state index contributed by atoms with van der Waals surface area (Å²) < 4.78 is 21.4. The topological polar surface area (TPSA) is 176 Å². The molecule has 2 aromatic heterocycles. The van der Waals surface area contributed by atoms with E-state index in [4.69, 9.17) is 28.9 Å². The second-order valence-electron chi connectivity index (χ2n) is 16.9. The minimum Gasteiger partial charge on any atom is -0.453 e. The lowest BCUT2D eigenvalue weighted by Gasteiger charge is -2.31. The maximum atomic E-state index is 13.6. The van der Waals surface area contributed by atoms with Crippen LogP contribution in [0, 0.1) is 11.8 Å². The second kappa shape index (κ2) is 19.5. The summed E-state index contributed by atoms with van der Waals surface area (Å²) in [5, 5.41) is 7.93. The summed E-state index contributed by atoms with van der Waals surface area (Å²) >= 11 is 0. The number of alkyl carbamates (subject to hydrolysis) is 2. The Balaban J connectivity index is 0.889. The van der Waals surface area contributed by atoms with Crippen molar-refractivity contribution >= 4 is 28.9 Å². The first-order chi connectivity index (χ1) is 30.2. The highest BCUT2D eigenvalue weighted by Gasteiger charge is 2.38. The van der Waals surface area contributed by atoms with Gasteiger partial charge in [-0.1, -0.05) is 62.4 Å². The van der Waals surface area contributed by atoms with Crippen molar-refractivity contribution in [1.29, 1.82) is 0 Å². The van der Waals surface area contributed by atoms with Crippen molar-refractivity contribution in [2.45, 2.75) is 76.5 Å². The molecular weight excluding hydrogens is 789 g/mol. The zero-order chi connectivity index (χ0) is 43.2. The van der Waals surface area contributed by atoms with Gasteiger partial charge >= 0.3 is 12.2 Å². The molecule has 4 atom stereocenters. The van der Waals surface area contributed by atoms with Gasteiger partial charge in [0, 0.05) is 31.9 Å². The Morgan fingerprint density at radius 3 is 2.02 bits per heavy atom. The van der Waals surface area contributed by atoms with E-state index in [1.165, 1.54) is 14.2 Å². The molecule has 3 amide bonds. The summed E-state index contributed by atoms with van der Waals surface area (Å²) in [5.41, 5.74) is 6.17. The molecule has 3 saturated heterocycles. The van der Waals surface area contributed by atoms with Crippen molar-refractivity contribution in [2.75, 3.05) is 53.9 Å². The van der Waals surface area contributed by atoms with Gasteiger partial charge in [0.05, 0.1) is 69.5 Å². The molecule has 62 heavy (non-hydrogen) atoms. The standard InChI is InChI=1S/C47H58N8O7/c1-29(2)42(53-47(58)60-4)45(56)55-20-6-8-41(55)44-49-26-38(51-44)36-16-15-34-23-33(13-14-35(34)24-36)30-9-11-31(12-10-30)37-25-48-43(50-37)40-7-5-19-54(40)28-62-27-39(52-46(57)59-3)32-17-21-61-22-18-32/h9-16,23-26,29,32,39-42H,5-8,17-22,27-28H2,1-4H3,(H,48,50)(H,49,51)(H,52,57)(H,53,58)/t39-,40+,41+,42+/m1/s1. The van der Waals surface area contributed by atoms with Crippen LogP contribution in [-0.2, 0) is 23.7 Å². The van der Waals surface area contributed by atoms with Crippen LogP contribution in [0.5, 0.6) is 0 Å². The summed E-state index contributed by atoms with van der Waals surface area (Å²) in [5.74, 6) is 1.73. The van der Waals surface area contributed by atoms with Gasteiger partial charge in [-0.05, 0) is 90.0 Å². The smallest absolute Gasteiger partial charge is 0.407 e. The number of aromatic amines is 2. The molecule has 4 N–H and O–H groups in total. The predicted molar refractivity (Wildman–Crippen MR) is 235 cm³/mol. The Morgan fingerprint density at radius 2 is 1.32 bits per heavy atom. The first-order valence-corrected chi connectivity index (χ1v) is 21.8. The Kier molecular flexibility index (Phi) is 13.5. The van der Waals surface area contributed by atoms with E-state index in [9.17, 15) is 14.4 Å². The Hall–Kier alpha value is -5.77. The molecule has 328 valence electrons. The first-order valence-electron chi connectivity index (χ1n) is 21.8. The molecule has 3 aliphatic heterocycles. The third-order valence-corrected chi connectivity index (χ3v) is 12.7. The van der Waals surface area contributed by atoms with E-state index in [0.29, 0.717) is 33.1 Å². The number of carbonyl (C=O) groups is 3. The highest BCUT2D eigenvalue weighted by atomic mass is 16.5. The number of benzene rings is 3. The van der Waals surface area contributed by atoms with E-state index in [-0.39, 0.29) is 35.9 Å². The SMILES string of the molecule is COC(=O)N[C@H](C(=O)N1CCC[C@H]1c1ncc(-c2ccc3cc(-c4ccc(-c5cnc([C@@H]6CCCN6COC[C@@H](NC(=O)OC)C6CCOCC6)[nH]5)cc4)ccc3c2)[nH]1)C(C)C. The number of nitrogens with zero attached hydrogens (tertiary/aromatic N) is 4. The molecule has 0 bridgehead atoms. The Labute approximate surface area is 362 Å². The highest BCUT2D eigenvalue weighted by molar-refractivity contribution is 5.91. The number of rotatable bonds is 14. The van der Waals surface area contributed by atoms with Gasteiger partial charge in [0.1, 0.15) is 17.7 Å². The summed E-state index contributed by atoms with van der Waals surface area (Å²) in [6.45, 7) is 7.59. The van der Waals surface area contributed by atoms with E-state index in [0.717, 1.165) is 101 Å². The van der Waals surface area contributed by atoms with E-state index in [1.807, 2.05) is 31.1 Å². The first kappa shape index (κ1) is 42.9. The number of aromatic nitrogens is 4. The van der Waals surface area contributed by atoms with Crippen LogP contribution in [0.15, 0.2) is 73.1 Å². The number of fused-ring (bicyclic) bond motifs is 1. The highest BCUT2D eigenvalue weighted by Crippen LogP contribution is 2.35. The zero-order valence-electron chi connectivity index (χ0n) is 36.0. The molecule has 3 aromatic carbocycles. The molecule has 5 heterocycles. The lowest BCUT2D eigenvalue weighted by molar-refractivity contribution is -0.135. The largest absolute Gasteiger partial charge is 0.453 e. The summed E-state index contributed by atoms with van der Waals surface area (Å²) in [4.78, 5) is 58.4. The van der Waals surface area contributed by atoms with Crippen LogP contribution >= 0.6 is 0 Å². The fourth-order valence-corrected chi connectivity index (χ4v) is 9.14. The van der Waals surface area contributed by atoms with Crippen LogP contribution in [0.3, 0.4) is 0 Å². The average Bonchev–Trinajstić information content (AvgIpc) is 4.15. The maximum absolute atomic E-state index is 13.6. The lowest BCUT2D eigenvalue weighted by atomic mass is 9.92. The molecular formula is C47H58N8O7. The molecule has 3 aliphatic rings. The summed E-state index contributed by atoms with van der Waals surface area (Å²) in [6.07, 6.45) is 8.15. The predicted octanol–water partition coefficient (Wildman–Crippen LogP) is 7.59. The van der Waals surface area contributed by atoms with Gasteiger partial charge < -0.3 is 44.4 Å². The van der Waals surface area contributed by atoms with E-state index in [2.05, 4.69) is 86.2 Å². The van der Waals surface area contributed by atoms with Gasteiger partial charge in [0.25, 0.3) is 0 Å². The van der Waals surface area contributed by atoms with E-state index < -0.39 is 18.2 Å². The molecule has 3 fully saturated rings. The third-order valence-electron chi connectivity index (χ3n) is 12.7. The van der Waals surface area contributed by atoms with Crippen molar-refractivity contribution in [2.24, 2.45) is 11.8 Å². The molecule has 15 heteroatoms. The van der Waals surface area contributed by atoms with Crippen LogP contribution in [0.4, 0.5) is 9.59 Å². The average molecular weight is 847 g/mol. The van der Waals surface area contributed by atoms with Crippen LogP contribution in [0.25, 0.3) is 44.4 Å². The van der Waals surface area contributed by atoms with Crippen LogP contribution in [-0.4, -0.2) is 114 Å². The monoisotopic (exact) mass is 846 g/mol. The number of likely N-dealkylation sites (tertiary alicyclic amines) is 2. The van der Waals surface area contributed by atoms with Crippen molar-refractivity contribution in [3.63, 3.8) is 0 Å². The number of amides is 3. The normalized spacial score (nSPS) is 19.5. The molecule has 8 rings (SSSR count). The number of imidazole rings is 2. The van der Waals surface area contributed by atoms with Crippen LogP contribution < -0.4 is 10.6 Å². The molecule has 0 saturated carbocycles. The maximum Gasteiger partial charge on any atom is 0.407 e. The molecule has 0 aliphatic carbocycles. The number of ether oxygens (including phenoxy) is 4. The van der Waals surface area contributed by atoms with Gasteiger partial charge in [-0.15, -0.1) is 0 Å². The molecule has 0 radical (unpaired) electrons. The summed E-state index contributed by atoms with van der Waals surface area (Å²) in [7, 11) is 2.68. The fourth-order valence-electron chi connectivity index (χ4n) is 9.14. The van der Waals surface area contributed by atoms with Crippen molar-refractivity contribution < 1.29 is 33.3 Å². The molecule has 5 aromatic rings. The molecule has 0 spiro atoms.